The van der Waals surface area contributed by atoms with Crippen molar-refractivity contribution in [2.75, 3.05) is 45.9 Å². The van der Waals surface area contributed by atoms with E-state index in [0.717, 1.165) is 45.8 Å². The van der Waals surface area contributed by atoms with E-state index in [4.69, 9.17) is 9.57 Å². The highest BCUT2D eigenvalue weighted by atomic mass is 16.7. The molecule has 5 rings (SSSR count). The van der Waals surface area contributed by atoms with Crippen LogP contribution in [0.25, 0.3) is 0 Å². The Hall–Kier alpha value is -0.320. The first kappa shape index (κ1) is 21.5. The number of rotatable bonds is 5. The number of hydrogen-bond acceptors (Lipinski definition) is 6. The van der Waals surface area contributed by atoms with E-state index in [1.165, 1.54) is 51.5 Å². The number of quaternary nitrogens is 2. The number of likely N-dealkylation sites (tertiary alicyclic amines) is 1. The van der Waals surface area contributed by atoms with Crippen LogP contribution in [0.4, 0.5) is 0 Å². The van der Waals surface area contributed by atoms with Crippen LogP contribution in [0, 0.1) is 11.8 Å². The van der Waals surface area contributed by atoms with E-state index in [1.54, 1.807) is 4.90 Å². The Kier molecular flexibility index (Phi) is 7.23. The first-order chi connectivity index (χ1) is 14.8. The first-order valence-electron chi connectivity index (χ1n) is 12.6. The predicted molar refractivity (Wildman–Crippen MR) is 112 cm³/mol. The minimum absolute atomic E-state index is 0.0898. The molecule has 4 heterocycles. The Morgan fingerprint density at radius 2 is 1.90 bits per heavy atom. The predicted octanol–water partition coefficient (Wildman–Crippen LogP) is -2.01. The van der Waals surface area contributed by atoms with Crippen LogP contribution < -0.4 is 21.0 Å². The number of nitrogens with zero attached hydrogens (tertiary/aromatic N) is 1. The second-order valence-corrected chi connectivity index (χ2v) is 10.3. The molecule has 8 nitrogen and oxygen atoms in total. The molecule has 4 saturated heterocycles. The molecule has 5 fully saturated rings. The normalized spacial score (nSPS) is 46.3. The molecular formula is C22H43N5O3+2. The zero-order valence-corrected chi connectivity index (χ0v) is 18.4. The highest BCUT2D eigenvalue weighted by Gasteiger charge is 2.45. The molecule has 1 saturated carbocycles. The Balaban J connectivity index is 1.09. The van der Waals surface area contributed by atoms with Gasteiger partial charge < -0.3 is 20.1 Å². The molecule has 7 unspecified atom stereocenters. The van der Waals surface area contributed by atoms with Crippen LogP contribution in [-0.4, -0.2) is 86.6 Å². The monoisotopic (exact) mass is 425 g/mol. The number of aliphatic hydroxyl groups is 1. The maximum absolute atomic E-state index is 10.4. The maximum atomic E-state index is 10.4. The third-order valence-electron chi connectivity index (χ3n) is 8.49. The highest BCUT2D eigenvalue weighted by Crippen LogP contribution is 2.24. The van der Waals surface area contributed by atoms with Crippen LogP contribution in [0.5, 0.6) is 0 Å². The van der Waals surface area contributed by atoms with Gasteiger partial charge in [0, 0.05) is 44.2 Å². The molecule has 8 atom stereocenters. The van der Waals surface area contributed by atoms with Gasteiger partial charge in [-0.15, -0.1) is 0 Å². The molecule has 0 aromatic rings. The fourth-order valence-corrected chi connectivity index (χ4v) is 6.64. The fourth-order valence-electron chi connectivity index (χ4n) is 6.64. The summed E-state index contributed by atoms with van der Waals surface area (Å²) < 4.78 is 5.51. The molecule has 172 valence electrons. The number of morpholine rings is 1. The molecule has 0 aromatic heterocycles. The van der Waals surface area contributed by atoms with Gasteiger partial charge in [-0.25, -0.2) is 4.90 Å². The van der Waals surface area contributed by atoms with Gasteiger partial charge in [0.1, 0.15) is 12.2 Å². The van der Waals surface area contributed by atoms with Gasteiger partial charge in [0.15, 0.2) is 6.23 Å². The Bertz CT molecular complexity index is 541. The minimum atomic E-state index is -0.0898. The summed E-state index contributed by atoms with van der Waals surface area (Å²) in [6.45, 7) is 7.40. The third-order valence-corrected chi connectivity index (χ3v) is 8.49. The number of hydroxylamine groups is 1. The second kappa shape index (κ2) is 10.1. The average Bonchev–Trinajstić information content (AvgIpc) is 3.46. The van der Waals surface area contributed by atoms with Gasteiger partial charge in [-0.1, -0.05) is 12.8 Å². The van der Waals surface area contributed by atoms with Crippen molar-refractivity contribution in [1.29, 1.82) is 0 Å². The molecule has 1 aliphatic carbocycles. The van der Waals surface area contributed by atoms with Crippen molar-refractivity contribution in [3.05, 3.63) is 0 Å². The van der Waals surface area contributed by atoms with Gasteiger partial charge in [-0.3, -0.25) is 10.2 Å². The molecule has 4 aliphatic heterocycles. The largest absolute Gasteiger partial charge is 0.393 e. The number of nitrogens with one attached hydrogen (secondary N) is 3. The van der Waals surface area contributed by atoms with Crippen molar-refractivity contribution < 1.29 is 24.9 Å². The third kappa shape index (κ3) is 4.86. The average molecular weight is 426 g/mol. The molecule has 30 heavy (non-hydrogen) atoms. The number of nitrogens with two attached hydrogens (primary N) is 1. The molecule has 0 aromatic carbocycles. The molecule has 0 bridgehead atoms. The van der Waals surface area contributed by atoms with Crippen molar-refractivity contribution in [3.8, 4) is 0 Å². The minimum Gasteiger partial charge on any atom is -0.393 e. The molecule has 0 radical (unpaired) electrons. The summed E-state index contributed by atoms with van der Waals surface area (Å²) in [5.74, 6) is 1.09. The quantitative estimate of drug-likeness (QED) is 0.350. The van der Waals surface area contributed by atoms with Crippen LogP contribution >= 0.6 is 0 Å². The van der Waals surface area contributed by atoms with E-state index in [1.807, 2.05) is 0 Å². The summed E-state index contributed by atoms with van der Waals surface area (Å²) in [4.78, 5) is 10.3. The smallest absolute Gasteiger partial charge is 0.183 e. The second-order valence-electron chi connectivity index (χ2n) is 10.3. The molecule has 5 aliphatic rings. The van der Waals surface area contributed by atoms with Crippen molar-refractivity contribution in [1.82, 2.24) is 15.7 Å². The van der Waals surface area contributed by atoms with Gasteiger partial charge >= 0.3 is 0 Å². The summed E-state index contributed by atoms with van der Waals surface area (Å²) in [6.07, 6.45) is 10.5. The first-order valence-corrected chi connectivity index (χ1v) is 12.6. The zero-order valence-electron chi connectivity index (χ0n) is 18.4. The van der Waals surface area contributed by atoms with E-state index < -0.39 is 0 Å². The van der Waals surface area contributed by atoms with Gasteiger partial charge in [-0.05, 0) is 19.3 Å². The van der Waals surface area contributed by atoms with Crippen molar-refractivity contribution in [3.63, 3.8) is 0 Å². The molecule has 8 heteroatoms. The number of hydrogen-bond donors (Lipinski definition) is 5. The van der Waals surface area contributed by atoms with Crippen LogP contribution in [0.15, 0.2) is 0 Å². The van der Waals surface area contributed by atoms with Crippen LogP contribution in [-0.2, 0) is 9.57 Å². The van der Waals surface area contributed by atoms with E-state index in [0.29, 0.717) is 24.0 Å². The SMILES string of the molecule is OC1CCCCC1C[NH+]1CCC[C@H]1C1NC(C2CCC(N3CCOCC3)[NH2+]C2)NO1. The van der Waals surface area contributed by atoms with E-state index in [9.17, 15) is 5.11 Å². The fraction of sp³-hybridized carbons (Fsp3) is 1.00. The lowest BCUT2D eigenvalue weighted by Gasteiger charge is -2.37. The summed E-state index contributed by atoms with van der Waals surface area (Å²) >= 11 is 0. The summed E-state index contributed by atoms with van der Waals surface area (Å²) in [5, 5.41) is 16.8. The van der Waals surface area contributed by atoms with Gasteiger partial charge in [-0.2, -0.15) is 5.48 Å². The van der Waals surface area contributed by atoms with Crippen molar-refractivity contribution in [2.24, 2.45) is 11.8 Å². The lowest BCUT2D eigenvalue weighted by Crippen LogP contribution is -3.16. The van der Waals surface area contributed by atoms with Crippen LogP contribution in [0.1, 0.15) is 51.4 Å². The molecule has 0 spiro atoms. The Morgan fingerprint density at radius 1 is 1.03 bits per heavy atom. The number of ether oxygens (including phenoxy) is 1. The Labute approximate surface area is 181 Å². The number of aliphatic hydroxyl groups excluding tert-OH is 1. The van der Waals surface area contributed by atoms with Crippen molar-refractivity contribution in [2.45, 2.75) is 82.1 Å². The lowest BCUT2D eigenvalue weighted by atomic mass is 9.86. The standard InChI is InChI=1S/C22H41N5O3/c28-19-6-2-1-4-17(19)15-27-9-3-5-18(27)22-24-21(25-30-22)16-7-8-20(23-14-16)26-10-12-29-13-11-26/h16-25,28H,1-15H2/p+2/t16?,17?,18-,19?,20?,21?,22?/m0/s1. The lowest BCUT2D eigenvalue weighted by molar-refractivity contribution is -0.920. The van der Waals surface area contributed by atoms with E-state index in [-0.39, 0.29) is 18.5 Å². The van der Waals surface area contributed by atoms with Crippen molar-refractivity contribution >= 4 is 0 Å². The number of piperidine rings is 1. The molecule has 6 N–H and O–H groups in total. The maximum Gasteiger partial charge on any atom is 0.183 e. The molecule has 0 amide bonds. The van der Waals surface area contributed by atoms with Gasteiger partial charge in [0.2, 0.25) is 0 Å². The van der Waals surface area contributed by atoms with E-state index >= 15 is 0 Å². The summed E-state index contributed by atoms with van der Waals surface area (Å²) in [5.41, 5.74) is 3.35. The summed E-state index contributed by atoms with van der Waals surface area (Å²) in [7, 11) is 0. The van der Waals surface area contributed by atoms with Crippen LogP contribution in [0.2, 0.25) is 0 Å². The topological polar surface area (TPSA) is 87.0 Å². The van der Waals surface area contributed by atoms with Crippen LogP contribution in [0.3, 0.4) is 0 Å². The zero-order chi connectivity index (χ0) is 20.3. The molecular weight excluding hydrogens is 382 g/mol. The van der Waals surface area contributed by atoms with Gasteiger partial charge in [0.05, 0.1) is 45.1 Å². The Morgan fingerprint density at radius 3 is 2.70 bits per heavy atom. The summed E-state index contributed by atoms with van der Waals surface area (Å²) in [6, 6.07) is 0.505. The van der Waals surface area contributed by atoms with E-state index in [2.05, 4.69) is 21.0 Å². The van der Waals surface area contributed by atoms with Gasteiger partial charge in [0.25, 0.3) is 0 Å². The highest BCUT2D eigenvalue weighted by molar-refractivity contribution is 4.85.